The predicted molar refractivity (Wildman–Crippen MR) is 95.9 cm³/mol. The van der Waals surface area contributed by atoms with Gasteiger partial charge in [-0.25, -0.2) is 9.59 Å². The van der Waals surface area contributed by atoms with Gasteiger partial charge in [-0.1, -0.05) is 19.4 Å². The van der Waals surface area contributed by atoms with E-state index in [9.17, 15) is 22.8 Å². The van der Waals surface area contributed by atoms with Crippen molar-refractivity contribution >= 4 is 12.1 Å². The minimum Gasteiger partial charge on any atom is -0.465 e. The van der Waals surface area contributed by atoms with Crippen molar-refractivity contribution in [3.63, 3.8) is 0 Å². The average Bonchev–Trinajstić information content (AvgIpc) is 2.67. The summed E-state index contributed by atoms with van der Waals surface area (Å²) < 4.78 is 49.0. The van der Waals surface area contributed by atoms with Gasteiger partial charge in [0, 0.05) is 32.7 Å². The Hall–Kier alpha value is -2.29. The van der Waals surface area contributed by atoms with Crippen LogP contribution in [0.4, 0.5) is 18.0 Å². The molecule has 6 nitrogen and oxygen atoms in total. The molecular formula is C19H25F3N2O4. The quantitative estimate of drug-likeness (QED) is 0.538. The van der Waals surface area contributed by atoms with Gasteiger partial charge in [0.25, 0.3) is 0 Å². The van der Waals surface area contributed by atoms with Crippen LogP contribution < -0.4 is 0 Å². The highest BCUT2D eigenvalue weighted by molar-refractivity contribution is 5.91. The third kappa shape index (κ3) is 5.85. The van der Waals surface area contributed by atoms with E-state index in [0.29, 0.717) is 44.9 Å². The van der Waals surface area contributed by atoms with Crippen LogP contribution in [0.5, 0.6) is 0 Å². The maximum absolute atomic E-state index is 13.1. The van der Waals surface area contributed by atoms with E-state index in [1.807, 2.05) is 11.8 Å². The summed E-state index contributed by atoms with van der Waals surface area (Å²) in [6.45, 7) is 4.89. The second kappa shape index (κ2) is 9.77. The number of piperazine rings is 1. The fourth-order valence-electron chi connectivity index (χ4n) is 2.96. The van der Waals surface area contributed by atoms with Gasteiger partial charge in [0.2, 0.25) is 0 Å². The minimum atomic E-state index is -4.63. The Morgan fingerprint density at radius 2 is 1.82 bits per heavy atom. The molecule has 1 aliphatic rings. The molecule has 1 heterocycles. The zero-order valence-corrected chi connectivity index (χ0v) is 16.1. The summed E-state index contributed by atoms with van der Waals surface area (Å²) in [6.07, 6.45) is -3.20. The number of hydrogen-bond donors (Lipinski definition) is 0. The third-order valence-corrected chi connectivity index (χ3v) is 4.55. The van der Waals surface area contributed by atoms with E-state index in [-0.39, 0.29) is 6.09 Å². The Morgan fingerprint density at radius 1 is 1.14 bits per heavy atom. The molecule has 0 unspecified atom stereocenters. The standard InChI is InChI=1S/C19H25F3N2O4/c1-3-4-11-28-18(26)24-9-7-23(8-10-24)13-14-5-6-16(19(20,21)22)15(12-14)17(25)27-2/h5-6,12H,3-4,7-11,13H2,1-2H3. The van der Waals surface area contributed by atoms with Crippen molar-refractivity contribution < 1.29 is 32.2 Å². The zero-order chi connectivity index (χ0) is 20.7. The molecule has 2 rings (SSSR count). The molecular weight excluding hydrogens is 377 g/mol. The molecule has 1 saturated heterocycles. The molecule has 1 aromatic rings. The molecule has 0 saturated carbocycles. The maximum atomic E-state index is 13.1. The Bertz CT molecular complexity index is 686. The number of nitrogens with zero attached hydrogens (tertiary/aromatic N) is 2. The smallest absolute Gasteiger partial charge is 0.417 e. The number of halogens is 3. The second-order valence-corrected chi connectivity index (χ2v) is 6.60. The molecule has 0 aliphatic carbocycles. The number of alkyl halides is 3. The highest BCUT2D eigenvalue weighted by Crippen LogP contribution is 2.33. The van der Waals surface area contributed by atoms with E-state index < -0.39 is 23.3 Å². The number of unbranched alkanes of at least 4 members (excludes halogenated alkanes) is 1. The van der Waals surface area contributed by atoms with Crippen molar-refractivity contribution in [3.05, 3.63) is 34.9 Å². The number of carbonyl (C=O) groups is 2. The number of ether oxygens (including phenoxy) is 2. The van der Waals surface area contributed by atoms with Crippen molar-refractivity contribution in [1.82, 2.24) is 9.80 Å². The molecule has 28 heavy (non-hydrogen) atoms. The minimum absolute atomic E-state index is 0.337. The monoisotopic (exact) mass is 402 g/mol. The fourth-order valence-corrected chi connectivity index (χ4v) is 2.96. The van der Waals surface area contributed by atoms with Crippen LogP contribution in [-0.4, -0.2) is 61.8 Å². The number of rotatable bonds is 6. The van der Waals surface area contributed by atoms with Crippen LogP contribution in [0, 0.1) is 0 Å². The summed E-state index contributed by atoms with van der Waals surface area (Å²) in [7, 11) is 1.05. The molecule has 1 amide bonds. The summed E-state index contributed by atoms with van der Waals surface area (Å²) >= 11 is 0. The lowest BCUT2D eigenvalue weighted by atomic mass is 10.0. The average molecular weight is 402 g/mol. The Balaban J connectivity index is 1.98. The van der Waals surface area contributed by atoms with Crippen LogP contribution in [0.2, 0.25) is 0 Å². The van der Waals surface area contributed by atoms with E-state index in [4.69, 9.17) is 4.74 Å². The molecule has 1 aliphatic heterocycles. The summed E-state index contributed by atoms with van der Waals surface area (Å²) in [5, 5.41) is 0. The number of amides is 1. The highest BCUT2D eigenvalue weighted by atomic mass is 19.4. The fraction of sp³-hybridized carbons (Fsp3) is 0.579. The van der Waals surface area contributed by atoms with Crippen molar-refractivity contribution in [2.75, 3.05) is 39.9 Å². The second-order valence-electron chi connectivity index (χ2n) is 6.60. The molecule has 1 aromatic carbocycles. The number of hydrogen-bond acceptors (Lipinski definition) is 5. The van der Waals surface area contributed by atoms with Crippen LogP contribution in [-0.2, 0) is 22.2 Å². The van der Waals surface area contributed by atoms with Crippen LogP contribution >= 0.6 is 0 Å². The number of carbonyl (C=O) groups excluding carboxylic acids is 2. The molecule has 0 N–H and O–H groups in total. The molecule has 156 valence electrons. The van der Waals surface area contributed by atoms with Crippen LogP contribution in [0.1, 0.15) is 41.3 Å². The van der Waals surface area contributed by atoms with Crippen LogP contribution in [0.15, 0.2) is 18.2 Å². The number of benzene rings is 1. The van der Waals surface area contributed by atoms with Gasteiger partial charge in [0.15, 0.2) is 0 Å². The molecule has 0 spiro atoms. The first-order valence-corrected chi connectivity index (χ1v) is 9.18. The zero-order valence-electron chi connectivity index (χ0n) is 16.1. The van der Waals surface area contributed by atoms with Crippen molar-refractivity contribution in [2.45, 2.75) is 32.5 Å². The summed E-state index contributed by atoms with van der Waals surface area (Å²) in [5.41, 5.74) is -0.930. The number of methoxy groups -OCH3 is 1. The van der Waals surface area contributed by atoms with Gasteiger partial charge in [-0.15, -0.1) is 0 Å². The van der Waals surface area contributed by atoms with Gasteiger partial charge < -0.3 is 14.4 Å². The normalized spacial score (nSPS) is 15.4. The maximum Gasteiger partial charge on any atom is 0.417 e. The van der Waals surface area contributed by atoms with Crippen molar-refractivity contribution in [3.8, 4) is 0 Å². The van der Waals surface area contributed by atoms with E-state index in [0.717, 1.165) is 26.0 Å². The summed E-state index contributed by atoms with van der Waals surface area (Å²) in [6, 6.07) is 3.49. The van der Waals surface area contributed by atoms with E-state index in [1.165, 1.54) is 12.1 Å². The Labute approximate surface area is 162 Å². The first kappa shape index (κ1) is 22.0. The van der Waals surface area contributed by atoms with Crippen LogP contribution in [0.3, 0.4) is 0 Å². The SMILES string of the molecule is CCCCOC(=O)N1CCN(Cc2ccc(C(F)(F)F)c(C(=O)OC)c2)CC1. The van der Waals surface area contributed by atoms with E-state index >= 15 is 0 Å². The first-order valence-electron chi connectivity index (χ1n) is 9.18. The van der Waals surface area contributed by atoms with E-state index in [2.05, 4.69) is 4.74 Å². The van der Waals surface area contributed by atoms with Gasteiger partial charge in [-0.3, -0.25) is 4.90 Å². The lowest BCUT2D eigenvalue weighted by Gasteiger charge is -2.34. The van der Waals surface area contributed by atoms with Gasteiger partial charge in [-0.2, -0.15) is 13.2 Å². The van der Waals surface area contributed by atoms with Gasteiger partial charge in [0.1, 0.15) is 0 Å². The first-order chi connectivity index (χ1) is 13.3. The van der Waals surface area contributed by atoms with Crippen molar-refractivity contribution in [2.24, 2.45) is 0 Å². The molecule has 0 atom stereocenters. The molecule has 0 aromatic heterocycles. The van der Waals surface area contributed by atoms with Gasteiger partial charge >= 0.3 is 18.2 Å². The predicted octanol–water partition coefficient (Wildman–Crippen LogP) is 3.55. The molecule has 0 bridgehead atoms. The largest absolute Gasteiger partial charge is 0.465 e. The summed E-state index contributed by atoms with van der Waals surface area (Å²) in [5.74, 6) is -1.02. The van der Waals surface area contributed by atoms with Gasteiger partial charge in [-0.05, 0) is 24.1 Å². The molecule has 9 heteroatoms. The Kier molecular flexibility index (Phi) is 7.68. The lowest BCUT2D eigenvalue weighted by Crippen LogP contribution is -2.48. The highest BCUT2D eigenvalue weighted by Gasteiger charge is 2.35. The summed E-state index contributed by atoms with van der Waals surface area (Å²) in [4.78, 5) is 27.3. The molecule has 1 fully saturated rings. The topological polar surface area (TPSA) is 59.1 Å². The van der Waals surface area contributed by atoms with Crippen LogP contribution in [0.25, 0.3) is 0 Å². The molecule has 0 radical (unpaired) electrons. The van der Waals surface area contributed by atoms with Crippen molar-refractivity contribution in [1.29, 1.82) is 0 Å². The van der Waals surface area contributed by atoms with Gasteiger partial charge in [0.05, 0.1) is 24.8 Å². The Morgan fingerprint density at radius 3 is 2.39 bits per heavy atom. The lowest BCUT2D eigenvalue weighted by molar-refractivity contribution is -0.138. The third-order valence-electron chi connectivity index (χ3n) is 4.55. The number of esters is 1. The van der Waals surface area contributed by atoms with E-state index in [1.54, 1.807) is 4.90 Å².